The maximum atomic E-state index is 13.9. The molecule has 1 fully saturated rings. The lowest BCUT2D eigenvalue weighted by Gasteiger charge is -2.40. The predicted octanol–water partition coefficient (Wildman–Crippen LogP) is 5.36. The normalized spacial score (nSPS) is 18.2. The number of imidazole rings is 1. The number of anilines is 1. The Morgan fingerprint density at radius 3 is 2.79 bits per heavy atom. The lowest BCUT2D eigenvalue weighted by atomic mass is 9.83. The summed E-state index contributed by atoms with van der Waals surface area (Å²) in [5, 5.41) is 14.9. The second-order valence-corrected chi connectivity index (χ2v) is 11.1. The number of rotatable bonds is 6. The summed E-state index contributed by atoms with van der Waals surface area (Å²) in [5.74, 6) is 0.636. The Kier molecular flexibility index (Phi) is 7.04. The van der Waals surface area contributed by atoms with E-state index < -0.39 is 0 Å². The number of nitrogens with one attached hydrogen (secondary N) is 2. The molecule has 2 amide bonds. The van der Waals surface area contributed by atoms with Crippen molar-refractivity contribution in [3.63, 3.8) is 0 Å². The molecule has 0 aliphatic carbocycles. The van der Waals surface area contributed by atoms with Gasteiger partial charge in [0.15, 0.2) is 0 Å². The smallest absolute Gasteiger partial charge is 0.247 e. The third-order valence-electron chi connectivity index (χ3n) is 8.05. The molecule has 0 radical (unpaired) electrons. The van der Waals surface area contributed by atoms with Crippen LogP contribution in [0.3, 0.4) is 0 Å². The second-order valence-electron chi connectivity index (χ2n) is 10.7. The van der Waals surface area contributed by atoms with Crippen LogP contribution < -0.4 is 5.32 Å². The van der Waals surface area contributed by atoms with Crippen molar-refractivity contribution in [3.8, 4) is 16.9 Å². The zero-order valence-electron chi connectivity index (χ0n) is 23.0. The van der Waals surface area contributed by atoms with Crippen molar-refractivity contribution in [2.45, 2.75) is 31.2 Å². The van der Waals surface area contributed by atoms with Crippen molar-refractivity contribution >= 4 is 35.2 Å². The SMILES string of the molecule is O=C1Cc2cc(-c3cnc([C@H]4[C@@H](c5ccccc5)CCCN4C(=O)C=Cc4cc(Cl)ccc4-n4cnnn4)[nH]3)ccc2N1. The lowest BCUT2D eigenvalue weighted by molar-refractivity contribution is -0.130. The summed E-state index contributed by atoms with van der Waals surface area (Å²) in [7, 11) is 0. The van der Waals surface area contributed by atoms with Crippen LogP contribution in [0.25, 0.3) is 23.0 Å². The molecule has 5 aromatic rings. The van der Waals surface area contributed by atoms with Crippen LogP contribution in [0.2, 0.25) is 5.02 Å². The molecular formula is C32H27ClN8O2. The Labute approximate surface area is 252 Å². The van der Waals surface area contributed by atoms with E-state index in [0.717, 1.165) is 46.7 Å². The van der Waals surface area contributed by atoms with Crippen molar-refractivity contribution in [2.75, 3.05) is 11.9 Å². The molecule has 214 valence electrons. The first-order valence-corrected chi connectivity index (χ1v) is 14.5. The summed E-state index contributed by atoms with van der Waals surface area (Å²) in [6, 6.07) is 21.2. The fraction of sp³-hybridized carbons (Fsp3) is 0.188. The van der Waals surface area contributed by atoms with Gasteiger partial charge in [0, 0.05) is 34.8 Å². The van der Waals surface area contributed by atoms with Gasteiger partial charge in [-0.25, -0.2) is 4.98 Å². The van der Waals surface area contributed by atoms with Crippen LogP contribution in [0, 0.1) is 0 Å². The molecule has 10 nitrogen and oxygen atoms in total. The van der Waals surface area contributed by atoms with Gasteiger partial charge in [-0.1, -0.05) is 48.0 Å². The van der Waals surface area contributed by atoms with Crippen molar-refractivity contribution in [3.05, 3.63) is 113 Å². The van der Waals surface area contributed by atoms with E-state index in [1.807, 2.05) is 47.4 Å². The van der Waals surface area contributed by atoms with E-state index in [0.29, 0.717) is 29.2 Å². The third kappa shape index (κ3) is 5.32. The summed E-state index contributed by atoms with van der Waals surface area (Å²) in [5.41, 5.74) is 6.16. The number of aromatic amines is 1. The molecule has 2 N–H and O–H groups in total. The van der Waals surface area contributed by atoms with Gasteiger partial charge in [-0.15, -0.1) is 5.10 Å². The van der Waals surface area contributed by atoms with E-state index in [4.69, 9.17) is 16.6 Å². The average Bonchev–Trinajstić information content (AvgIpc) is 3.81. The number of piperidine rings is 1. The maximum absolute atomic E-state index is 13.9. The minimum atomic E-state index is -0.307. The van der Waals surface area contributed by atoms with Gasteiger partial charge in [-0.2, -0.15) is 4.68 Å². The average molecular weight is 591 g/mol. The van der Waals surface area contributed by atoms with E-state index in [9.17, 15) is 9.59 Å². The molecule has 0 saturated carbocycles. The van der Waals surface area contributed by atoms with Crippen LogP contribution in [0.5, 0.6) is 0 Å². The molecular weight excluding hydrogens is 564 g/mol. The van der Waals surface area contributed by atoms with Crippen molar-refractivity contribution in [1.82, 2.24) is 35.1 Å². The van der Waals surface area contributed by atoms with E-state index >= 15 is 0 Å². The number of hydrogen-bond donors (Lipinski definition) is 2. The molecule has 43 heavy (non-hydrogen) atoms. The standard InChI is InChI=1S/C32H27ClN8O2/c33-24-10-12-28(41-19-35-38-39-41)22(16-24)9-13-30(43)40-14-4-7-25(20-5-2-1-3-6-20)31(40)32-34-18-27(37-32)21-8-11-26-23(15-21)17-29(42)36-26/h1-3,5-6,8-13,15-16,18-19,25,31H,4,7,14,17H2,(H,34,37)(H,36,42)/t25-,31-/m1/s1. The molecule has 1 saturated heterocycles. The number of nitrogens with zero attached hydrogens (tertiary/aromatic N) is 6. The number of fused-ring (bicyclic) bond motifs is 1. The number of aromatic nitrogens is 6. The van der Waals surface area contributed by atoms with Crippen LogP contribution in [0.4, 0.5) is 5.69 Å². The van der Waals surface area contributed by atoms with Crippen LogP contribution >= 0.6 is 11.6 Å². The van der Waals surface area contributed by atoms with E-state index in [1.54, 1.807) is 30.5 Å². The summed E-state index contributed by atoms with van der Waals surface area (Å²) in [6.07, 6.45) is 8.78. The Morgan fingerprint density at radius 1 is 1.07 bits per heavy atom. The maximum Gasteiger partial charge on any atom is 0.247 e. The second kappa shape index (κ2) is 11.3. The number of halogens is 1. The lowest BCUT2D eigenvalue weighted by Crippen LogP contribution is -2.41. The zero-order chi connectivity index (χ0) is 29.3. The molecule has 2 aromatic heterocycles. The Balaban J connectivity index is 1.23. The van der Waals surface area contributed by atoms with Crippen molar-refractivity contribution < 1.29 is 9.59 Å². The topological polar surface area (TPSA) is 122 Å². The van der Waals surface area contributed by atoms with Gasteiger partial charge in [0.2, 0.25) is 11.8 Å². The van der Waals surface area contributed by atoms with Crippen molar-refractivity contribution in [1.29, 1.82) is 0 Å². The first kappa shape index (κ1) is 26.8. The van der Waals surface area contributed by atoms with Crippen LogP contribution in [-0.2, 0) is 16.0 Å². The predicted molar refractivity (Wildman–Crippen MR) is 162 cm³/mol. The highest BCUT2D eigenvalue weighted by molar-refractivity contribution is 6.30. The van der Waals surface area contributed by atoms with E-state index in [-0.39, 0.29) is 23.8 Å². The van der Waals surface area contributed by atoms with E-state index in [2.05, 4.69) is 38.0 Å². The molecule has 2 aliphatic heterocycles. The minimum Gasteiger partial charge on any atom is -0.340 e. The Hall–Kier alpha value is -5.09. The fourth-order valence-corrected chi connectivity index (χ4v) is 6.24. The molecule has 0 bridgehead atoms. The van der Waals surface area contributed by atoms with E-state index in [1.165, 1.54) is 11.0 Å². The van der Waals surface area contributed by atoms with Gasteiger partial charge >= 0.3 is 0 Å². The molecule has 3 aromatic carbocycles. The highest BCUT2D eigenvalue weighted by atomic mass is 35.5. The molecule has 11 heteroatoms. The summed E-state index contributed by atoms with van der Waals surface area (Å²) in [6.45, 7) is 0.592. The number of likely N-dealkylation sites (tertiary alicyclic amines) is 1. The highest BCUT2D eigenvalue weighted by Gasteiger charge is 2.37. The largest absolute Gasteiger partial charge is 0.340 e. The highest BCUT2D eigenvalue weighted by Crippen LogP contribution is 2.42. The van der Waals surface area contributed by atoms with Crippen LogP contribution in [0.15, 0.2) is 85.3 Å². The number of H-pyrrole nitrogens is 1. The number of carbonyl (C=O) groups is 2. The summed E-state index contributed by atoms with van der Waals surface area (Å²) < 4.78 is 1.53. The third-order valence-corrected chi connectivity index (χ3v) is 8.28. The Bertz CT molecular complexity index is 1830. The summed E-state index contributed by atoms with van der Waals surface area (Å²) >= 11 is 6.30. The first-order valence-electron chi connectivity index (χ1n) is 14.1. The van der Waals surface area contributed by atoms with Crippen LogP contribution in [-0.4, -0.2) is 53.4 Å². The molecule has 0 unspecified atom stereocenters. The first-order chi connectivity index (χ1) is 21.0. The number of carbonyl (C=O) groups excluding carboxylic acids is 2. The number of benzene rings is 3. The molecule has 2 aliphatic rings. The Morgan fingerprint density at radius 2 is 1.95 bits per heavy atom. The van der Waals surface area contributed by atoms with Gasteiger partial charge in [0.05, 0.1) is 30.0 Å². The molecule has 7 rings (SSSR count). The van der Waals surface area contributed by atoms with Gasteiger partial charge in [-0.05, 0) is 76.4 Å². The quantitative estimate of drug-likeness (QED) is 0.257. The zero-order valence-corrected chi connectivity index (χ0v) is 23.8. The van der Waals surface area contributed by atoms with Gasteiger partial charge < -0.3 is 15.2 Å². The molecule has 2 atom stereocenters. The van der Waals surface area contributed by atoms with Gasteiger partial charge in [0.25, 0.3) is 0 Å². The van der Waals surface area contributed by atoms with Gasteiger partial charge in [0.1, 0.15) is 12.2 Å². The van der Waals surface area contributed by atoms with Gasteiger partial charge in [-0.3, -0.25) is 9.59 Å². The fourth-order valence-electron chi connectivity index (χ4n) is 6.06. The van der Waals surface area contributed by atoms with Crippen LogP contribution in [0.1, 0.15) is 47.3 Å². The molecule has 0 spiro atoms. The monoisotopic (exact) mass is 590 g/mol. The number of hydrogen-bond acceptors (Lipinski definition) is 6. The minimum absolute atomic E-state index is 0.00424. The van der Waals surface area contributed by atoms with Crippen molar-refractivity contribution in [2.24, 2.45) is 0 Å². The molecule has 4 heterocycles. The number of amides is 2. The number of tetrazole rings is 1. The summed E-state index contributed by atoms with van der Waals surface area (Å²) in [4.78, 5) is 36.0.